The molecule has 0 spiro atoms. The Kier molecular flexibility index (Phi) is 27.9. The van der Waals surface area contributed by atoms with Crippen LogP contribution in [0.2, 0.25) is 0 Å². The van der Waals surface area contributed by atoms with Gasteiger partial charge >= 0.3 is 0 Å². The lowest BCUT2D eigenvalue weighted by molar-refractivity contribution is 0.260. The average molecular weight is 419 g/mol. The van der Waals surface area contributed by atoms with Crippen molar-refractivity contribution in [3.05, 3.63) is 72.8 Å². The molecule has 0 radical (unpaired) electrons. The Morgan fingerprint density at radius 3 is 0.733 bits per heavy atom. The summed E-state index contributed by atoms with van der Waals surface area (Å²) in [4.78, 5) is 0. The van der Waals surface area contributed by atoms with E-state index >= 15 is 0 Å². The second-order valence-electron chi connectivity index (χ2n) is 7.39. The number of hydrogen-bond acceptors (Lipinski definition) is 2. The van der Waals surface area contributed by atoms with Gasteiger partial charge in [0.2, 0.25) is 0 Å². The smallest absolute Gasteiger partial charge is 0.0319 e. The minimum atomic E-state index is 0.722. The molecule has 0 amide bonds. The topological polar surface area (TPSA) is 40.5 Å². The third-order valence-corrected chi connectivity index (χ3v) is 5.16. The Labute approximate surface area is 188 Å². The standard InChI is InChI=1S/C9H16.2C6H6.C3H8.C2H6.2CH4O/c1-9(2)7-3-4-8(9)6-5-7;2*1-2-4-6-5-3-1;1-3-2;3*1-2/h7-8H,3-6H2,1-2H3;2*1-6H;3H2,1-2H3;1-2H3;2*2H,1H3. The average Bonchev–Trinajstić information content (AvgIpc) is 3.30. The molecule has 2 aromatic carbocycles. The quantitative estimate of drug-likeness (QED) is 0.457. The third kappa shape index (κ3) is 16.2. The molecule has 0 aromatic heterocycles. The molecule has 174 valence electrons. The van der Waals surface area contributed by atoms with Gasteiger partial charge in [-0.2, -0.15) is 0 Å². The molecule has 0 unspecified atom stereocenters. The maximum Gasteiger partial charge on any atom is 0.0319 e. The van der Waals surface area contributed by atoms with Crippen molar-refractivity contribution in [1.29, 1.82) is 0 Å². The van der Waals surface area contributed by atoms with Crippen LogP contribution in [0.3, 0.4) is 0 Å². The third-order valence-electron chi connectivity index (χ3n) is 5.16. The molecule has 2 aliphatic rings. The fourth-order valence-corrected chi connectivity index (χ4v) is 3.68. The first-order chi connectivity index (χ1) is 14.6. The molecule has 4 rings (SSSR count). The van der Waals surface area contributed by atoms with Crippen molar-refractivity contribution in [2.75, 3.05) is 14.2 Å². The first kappa shape index (κ1) is 33.0. The van der Waals surface area contributed by atoms with Gasteiger partial charge in [-0.15, -0.1) is 0 Å². The van der Waals surface area contributed by atoms with Gasteiger partial charge in [0.1, 0.15) is 0 Å². The maximum absolute atomic E-state index is 7.00. The maximum atomic E-state index is 7.00. The first-order valence-electron chi connectivity index (χ1n) is 11.5. The lowest BCUT2D eigenvalue weighted by Gasteiger charge is -2.23. The van der Waals surface area contributed by atoms with Gasteiger partial charge < -0.3 is 10.2 Å². The molecule has 2 heteroatoms. The molecule has 2 saturated carbocycles. The van der Waals surface area contributed by atoms with Crippen LogP contribution in [0, 0.1) is 17.3 Å². The lowest BCUT2D eigenvalue weighted by Crippen LogP contribution is -2.16. The SMILES string of the molecule is CC.CC1(C)C2CCC1CC2.CCC.CO.CO.c1ccccc1.c1ccccc1. The number of benzene rings is 2. The van der Waals surface area contributed by atoms with E-state index in [1.807, 2.05) is 86.6 Å². The number of fused-ring (bicyclic) bond motifs is 2. The predicted octanol–water partition coefficient (Wildman–Crippen LogP) is 7.87. The molecule has 2 aliphatic carbocycles. The zero-order valence-corrected chi connectivity index (χ0v) is 21.0. The van der Waals surface area contributed by atoms with Crippen molar-refractivity contribution in [3.63, 3.8) is 0 Å². The summed E-state index contributed by atoms with van der Waals surface area (Å²) >= 11 is 0. The molecule has 0 heterocycles. The summed E-state index contributed by atoms with van der Waals surface area (Å²) in [6.45, 7) is 13.2. The Morgan fingerprint density at radius 2 is 0.667 bits per heavy atom. The summed E-state index contributed by atoms with van der Waals surface area (Å²) in [5, 5.41) is 14.0. The van der Waals surface area contributed by atoms with Crippen LogP contribution in [0.25, 0.3) is 0 Å². The van der Waals surface area contributed by atoms with Crippen LogP contribution >= 0.6 is 0 Å². The lowest BCUT2D eigenvalue weighted by atomic mass is 9.82. The second kappa shape index (κ2) is 25.4. The van der Waals surface area contributed by atoms with Crippen LogP contribution < -0.4 is 0 Å². The highest BCUT2D eigenvalue weighted by Crippen LogP contribution is 2.57. The molecule has 2 nitrogen and oxygen atoms in total. The van der Waals surface area contributed by atoms with E-state index < -0.39 is 0 Å². The van der Waals surface area contributed by atoms with Crippen molar-refractivity contribution in [3.8, 4) is 0 Å². The van der Waals surface area contributed by atoms with E-state index in [-0.39, 0.29) is 0 Å². The van der Waals surface area contributed by atoms with E-state index in [1.54, 1.807) is 0 Å². The second-order valence-corrected chi connectivity index (χ2v) is 7.39. The molecule has 0 saturated heterocycles. The highest BCUT2D eigenvalue weighted by Gasteiger charge is 2.47. The van der Waals surface area contributed by atoms with E-state index in [0.717, 1.165) is 31.5 Å². The van der Waals surface area contributed by atoms with Gasteiger partial charge in [-0.3, -0.25) is 0 Å². The van der Waals surface area contributed by atoms with E-state index in [1.165, 1.54) is 32.1 Å². The van der Waals surface area contributed by atoms with Crippen LogP contribution in [-0.2, 0) is 0 Å². The minimum absolute atomic E-state index is 0.722. The fourth-order valence-electron chi connectivity index (χ4n) is 3.68. The van der Waals surface area contributed by atoms with Gasteiger partial charge in [-0.25, -0.2) is 0 Å². The zero-order chi connectivity index (χ0) is 23.7. The van der Waals surface area contributed by atoms with Crippen LogP contribution in [-0.4, -0.2) is 24.4 Å². The molecule has 2 aromatic rings. The zero-order valence-electron chi connectivity index (χ0n) is 21.0. The Hall–Kier alpha value is -1.64. The number of aliphatic hydroxyl groups excluding tert-OH is 2. The van der Waals surface area contributed by atoms with Crippen LogP contribution in [0.4, 0.5) is 0 Å². The number of rotatable bonds is 0. The summed E-state index contributed by atoms with van der Waals surface area (Å²) < 4.78 is 0. The minimum Gasteiger partial charge on any atom is -0.400 e. The van der Waals surface area contributed by atoms with Crippen LogP contribution in [0.1, 0.15) is 73.6 Å². The van der Waals surface area contributed by atoms with Crippen molar-refractivity contribution in [2.45, 2.75) is 73.6 Å². The number of hydrogen-bond donors (Lipinski definition) is 2. The monoisotopic (exact) mass is 418 g/mol. The van der Waals surface area contributed by atoms with E-state index in [0.29, 0.717) is 0 Å². The number of aliphatic hydroxyl groups is 2. The Bertz CT molecular complexity index is 390. The molecule has 30 heavy (non-hydrogen) atoms. The molecule has 2 fully saturated rings. The molecule has 0 aliphatic heterocycles. The molecule has 2 bridgehead atoms. The van der Waals surface area contributed by atoms with Gasteiger partial charge in [-0.1, -0.05) is 121 Å². The van der Waals surface area contributed by atoms with Gasteiger partial charge in [0.05, 0.1) is 0 Å². The summed E-state index contributed by atoms with van der Waals surface area (Å²) in [5.41, 5.74) is 0.722. The van der Waals surface area contributed by atoms with Crippen molar-refractivity contribution in [1.82, 2.24) is 0 Å². The van der Waals surface area contributed by atoms with Gasteiger partial charge in [0, 0.05) is 14.2 Å². The van der Waals surface area contributed by atoms with E-state index in [9.17, 15) is 0 Å². The summed E-state index contributed by atoms with van der Waals surface area (Å²) in [6, 6.07) is 24.0. The van der Waals surface area contributed by atoms with E-state index in [2.05, 4.69) is 27.7 Å². The molecular weight excluding hydrogens is 368 g/mol. The van der Waals surface area contributed by atoms with Crippen LogP contribution in [0.5, 0.6) is 0 Å². The predicted molar refractivity (Wildman–Crippen MR) is 136 cm³/mol. The van der Waals surface area contributed by atoms with Gasteiger partial charge in [0.15, 0.2) is 0 Å². The Morgan fingerprint density at radius 1 is 0.533 bits per heavy atom. The summed E-state index contributed by atoms with van der Waals surface area (Å²) in [6.07, 6.45) is 7.35. The normalized spacial score (nSPS) is 18.2. The molecule has 0 atom stereocenters. The van der Waals surface area contributed by atoms with Crippen molar-refractivity contribution in [2.24, 2.45) is 17.3 Å². The van der Waals surface area contributed by atoms with Gasteiger partial charge in [-0.05, 0) is 42.9 Å². The Balaban J connectivity index is -0.000000312. The molecule has 2 N–H and O–H groups in total. The van der Waals surface area contributed by atoms with E-state index in [4.69, 9.17) is 10.2 Å². The highest BCUT2D eigenvalue weighted by atomic mass is 16.2. The van der Waals surface area contributed by atoms with Gasteiger partial charge in [0.25, 0.3) is 0 Å². The van der Waals surface area contributed by atoms with Crippen molar-refractivity contribution >= 4 is 0 Å². The summed E-state index contributed by atoms with van der Waals surface area (Å²) in [5.74, 6) is 2.17. The fraction of sp³-hybridized carbons (Fsp3) is 0.571. The molecular formula is C28H50O2. The summed E-state index contributed by atoms with van der Waals surface area (Å²) in [7, 11) is 2.00. The highest BCUT2D eigenvalue weighted by molar-refractivity contribution is 5.00. The van der Waals surface area contributed by atoms with Crippen molar-refractivity contribution < 1.29 is 10.2 Å². The largest absolute Gasteiger partial charge is 0.400 e. The van der Waals surface area contributed by atoms with Crippen LogP contribution in [0.15, 0.2) is 72.8 Å². The first-order valence-corrected chi connectivity index (χ1v) is 11.5.